The van der Waals surface area contributed by atoms with E-state index >= 15 is 0 Å². The van der Waals surface area contributed by atoms with E-state index in [0.717, 1.165) is 6.08 Å². The van der Waals surface area contributed by atoms with E-state index in [2.05, 4.69) is 6.58 Å². The molecule has 0 rings (SSSR count). The van der Waals surface area contributed by atoms with Crippen molar-refractivity contribution in [1.82, 2.24) is 0 Å². The second-order valence-electron chi connectivity index (χ2n) is 2.95. The van der Waals surface area contributed by atoms with Crippen LogP contribution >= 0.6 is 0 Å². The fraction of sp³-hybridized carbons (Fsp3) is 0.750. The van der Waals surface area contributed by atoms with Gasteiger partial charge in [-0.2, -0.15) is 0 Å². The topological polar surface area (TPSA) is 121 Å². The summed E-state index contributed by atoms with van der Waals surface area (Å²) in [5.74, 6) is 0. The van der Waals surface area contributed by atoms with Crippen LogP contribution in [0.3, 0.4) is 0 Å². The molecule has 0 radical (unpaired) electrons. The van der Waals surface area contributed by atoms with E-state index in [4.69, 9.17) is 20.4 Å². The molecule has 0 heterocycles. The molecule has 0 aromatic heterocycles. The first-order chi connectivity index (χ1) is 6.45. The molecule has 14 heavy (non-hydrogen) atoms. The summed E-state index contributed by atoms with van der Waals surface area (Å²) in [7, 11) is 0. The first kappa shape index (κ1) is 13.5. The third-order valence-electron chi connectivity index (χ3n) is 1.87. The summed E-state index contributed by atoms with van der Waals surface area (Å²) >= 11 is 0. The Hall–Kier alpha value is -0.500. The van der Waals surface area contributed by atoms with Gasteiger partial charge in [0.05, 0.1) is 6.61 Å². The van der Waals surface area contributed by atoms with E-state index in [1.165, 1.54) is 0 Å². The molecular weight excluding hydrogens is 192 g/mol. The molecule has 6 heteroatoms. The Bertz CT molecular complexity index is 173. The highest BCUT2D eigenvalue weighted by molar-refractivity contribution is 4.91. The molecule has 6 nitrogen and oxygen atoms in total. The largest absolute Gasteiger partial charge is 0.394 e. The molecule has 5 atom stereocenters. The van der Waals surface area contributed by atoms with Crippen molar-refractivity contribution in [3.63, 3.8) is 0 Å². The molecule has 0 bridgehead atoms. The Morgan fingerprint density at radius 3 is 1.79 bits per heavy atom. The molecule has 0 unspecified atom stereocenters. The van der Waals surface area contributed by atoms with Crippen molar-refractivity contribution in [3.8, 4) is 0 Å². The van der Waals surface area contributed by atoms with Crippen LogP contribution in [-0.2, 0) is 0 Å². The first-order valence-electron chi connectivity index (χ1n) is 4.09. The standard InChI is InChI=1S/C8H16O6/c1-2-4(10)6(12)8(14)7(13)5(11)3-9/h2,4-14H,1,3H2/t4-,5-,6-,7+,8+/m1/s1. The molecule has 84 valence electrons. The predicted octanol–water partition coefficient (Wildman–Crippen LogP) is -3.03. The first-order valence-corrected chi connectivity index (χ1v) is 4.09. The van der Waals surface area contributed by atoms with E-state index in [1.54, 1.807) is 0 Å². The Labute approximate surface area is 81.4 Å². The van der Waals surface area contributed by atoms with Gasteiger partial charge in [-0.1, -0.05) is 6.08 Å². The number of hydrogen-bond donors (Lipinski definition) is 6. The number of rotatable bonds is 6. The minimum absolute atomic E-state index is 0.755. The van der Waals surface area contributed by atoms with E-state index < -0.39 is 37.1 Å². The predicted molar refractivity (Wildman–Crippen MR) is 47.3 cm³/mol. The maximum atomic E-state index is 9.21. The maximum Gasteiger partial charge on any atom is 0.112 e. The zero-order valence-electron chi connectivity index (χ0n) is 7.56. The number of aliphatic hydroxyl groups excluding tert-OH is 6. The molecule has 0 aliphatic carbocycles. The van der Waals surface area contributed by atoms with Crippen molar-refractivity contribution in [2.24, 2.45) is 0 Å². The summed E-state index contributed by atoms with van der Waals surface area (Å²) in [4.78, 5) is 0. The second-order valence-corrected chi connectivity index (χ2v) is 2.95. The van der Waals surface area contributed by atoms with Crippen molar-refractivity contribution >= 4 is 0 Å². The normalized spacial score (nSPS) is 22.1. The van der Waals surface area contributed by atoms with Gasteiger partial charge in [-0.15, -0.1) is 6.58 Å². The molecule has 0 fully saturated rings. The van der Waals surface area contributed by atoms with Crippen LogP contribution in [-0.4, -0.2) is 67.8 Å². The van der Waals surface area contributed by atoms with Gasteiger partial charge in [-0.25, -0.2) is 0 Å². The maximum absolute atomic E-state index is 9.21. The SMILES string of the molecule is C=C[C@@H](O)[C@@H](O)[C@H](O)[C@@H](O)[C@H](O)CO. The lowest BCUT2D eigenvalue weighted by Crippen LogP contribution is -2.49. The average Bonchev–Trinajstić information content (AvgIpc) is 2.23. The van der Waals surface area contributed by atoms with Gasteiger partial charge in [-0.05, 0) is 0 Å². The summed E-state index contributed by atoms with van der Waals surface area (Å²) < 4.78 is 0. The molecule has 0 aliphatic heterocycles. The minimum atomic E-state index is -1.76. The van der Waals surface area contributed by atoms with E-state index in [9.17, 15) is 10.2 Å². The lowest BCUT2D eigenvalue weighted by molar-refractivity contribution is -0.133. The van der Waals surface area contributed by atoms with E-state index in [-0.39, 0.29) is 0 Å². The number of hydrogen-bond acceptors (Lipinski definition) is 6. The van der Waals surface area contributed by atoms with Gasteiger partial charge < -0.3 is 30.6 Å². The van der Waals surface area contributed by atoms with Crippen LogP contribution in [0, 0.1) is 0 Å². The summed E-state index contributed by atoms with van der Waals surface area (Å²) in [6.07, 6.45) is -7.16. The van der Waals surface area contributed by atoms with E-state index in [0.29, 0.717) is 0 Å². The van der Waals surface area contributed by atoms with Crippen molar-refractivity contribution < 1.29 is 30.6 Å². The van der Waals surface area contributed by atoms with Gasteiger partial charge >= 0.3 is 0 Å². The Morgan fingerprint density at radius 2 is 1.43 bits per heavy atom. The monoisotopic (exact) mass is 208 g/mol. The fourth-order valence-corrected chi connectivity index (χ4v) is 0.879. The summed E-state index contributed by atoms with van der Waals surface area (Å²) in [6.45, 7) is 2.42. The van der Waals surface area contributed by atoms with Crippen LogP contribution in [0.15, 0.2) is 12.7 Å². The quantitative estimate of drug-likeness (QED) is 0.258. The van der Waals surface area contributed by atoms with Gasteiger partial charge in [0.15, 0.2) is 0 Å². The van der Waals surface area contributed by atoms with Crippen molar-refractivity contribution in [2.75, 3.05) is 6.61 Å². The molecule has 6 N–H and O–H groups in total. The van der Waals surface area contributed by atoms with Gasteiger partial charge in [0.2, 0.25) is 0 Å². The van der Waals surface area contributed by atoms with Crippen molar-refractivity contribution in [3.05, 3.63) is 12.7 Å². The molecule has 0 saturated heterocycles. The molecule has 0 amide bonds. The summed E-state index contributed by atoms with van der Waals surface area (Å²) in [6, 6.07) is 0. The molecule has 0 aromatic carbocycles. The third kappa shape index (κ3) is 3.33. The van der Waals surface area contributed by atoms with Crippen LogP contribution in [0.25, 0.3) is 0 Å². The van der Waals surface area contributed by atoms with Gasteiger partial charge in [0.25, 0.3) is 0 Å². The average molecular weight is 208 g/mol. The van der Waals surface area contributed by atoms with Crippen LogP contribution in [0.4, 0.5) is 0 Å². The Kier molecular flexibility index (Phi) is 5.86. The third-order valence-corrected chi connectivity index (χ3v) is 1.87. The Morgan fingerprint density at radius 1 is 0.929 bits per heavy atom. The highest BCUT2D eigenvalue weighted by atomic mass is 16.4. The van der Waals surface area contributed by atoms with Crippen LogP contribution in [0.1, 0.15) is 0 Å². The highest BCUT2D eigenvalue weighted by Crippen LogP contribution is 2.08. The lowest BCUT2D eigenvalue weighted by atomic mass is 9.99. The van der Waals surface area contributed by atoms with Crippen LogP contribution in [0.5, 0.6) is 0 Å². The molecule has 0 aliphatic rings. The summed E-state index contributed by atoms with van der Waals surface area (Å²) in [5.41, 5.74) is 0. The minimum Gasteiger partial charge on any atom is -0.394 e. The van der Waals surface area contributed by atoms with Gasteiger partial charge in [0, 0.05) is 0 Å². The lowest BCUT2D eigenvalue weighted by Gasteiger charge is -2.27. The van der Waals surface area contributed by atoms with Crippen molar-refractivity contribution in [1.29, 1.82) is 0 Å². The highest BCUT2D eigenvalue weighted by Gasteiger charge is 2.32. The Balaban J connectivity index is 4.29. The molecule has 0 saturated carbocycles. The van der Waals surface area contributed by atoms with E-state index in [1.807, 2.05) is 0 Å². The second kappa shape index (κ2) is 6.07. The molecule has 0 spiro atoms. The number of aliphatic hydroxyl groups is 6. The fourth-order valence-electron chi connectivity index (χ4n) is 0.879. The molecular formula is C8H16O6. The van der Waals surface area contributed by atoms with Crippen molar-refractivity contribution in [2.45, 2.75) is 30.5 Å². The zero-order chi connectivity index (χ0) is 11.3. The van der Waals surface area contributed by atoms with Crippen LogP contribution < -0.4 is 0 Å². The molecule has 0 aromatic rings. The van der Waals surface area contributed by atoms with Crippen LogP contribution in [0.2, 0.25) is 0 Å². The summed E-state index contributed by atoms with van der Waals surface area (Å²) in [5, 5.41) is 53.9. The van der Waals surface area contributed by atoms with Gasteiger partial charge in [0.1, 0.15) is 30.5 Å². The zero-order valence-corrected chi connectivity index (χ0v) is 7.56. The smallest absolute Gasteiger partial charge is 0.112 e. The van der Waals surface area contributed by atoms with Gasteiger partial charge in [-0.3, -0.25) is 0 Å².